The Bertz CT molecular complexity index is 858. The second kappa shape index (κ2) is 6.26. The van der Waals surface area contributed by atoms with E-state index in [9.17, 15) is 9.18 Å². The molecule has 0 unspecified atom stereocenters. The Morgan fingerprint density at radius 2 is 1.92 bits per heavy atom. The van der Waals surface area contributed by atoms with Crippen LogP contribution in [0.3, 0.4) is 0 Å². The number of carbonyl (C=O) groups is 1. The molecule has 124 valence electrons. The zero-order valence-electron chi connectivity index (χ0n) is 13.5. The molecule has 24 heavy (non-hydrogen) atoms. The topological polar surface area (TPSA) is 26.3 Å². The maximum Gasteiger partial charge on any atom is 0.210 e. The number of benzene rings is 2. The van der Waals surface area contributed by atoms with Crippen molar-refractivity contribution in [3.8, 4) is 0 Å². The first-order chi connectivity index (χ1) is 11.3. The third-order valence-electron chi connectivity index (χ3n) is 3.89. The van der Waals surface area contributed by atoms with E-state index in [4.69, 9.17) is 16.3 Å². The summed E-state index contributed by atoms with van der Waals surface area (Å²) in [6, 6.07) is 11.9. The molecule has 0 saturated carbocycles. The monoisotopic (exact) mass is 362 g/mol. The van der Waals surface area contributed by atoms with Gasteiger partial charge >= 0.3 is 0 Å². The number of rotatable bonds is 3. The zero-order valence-corrected chi connectivity index (χ0v) is 15.1. The highest BCUT2D eigenvalue weighted by Gasteiger charge is 2.43. The van der Waals surface area contributed by atoms with Crippen LogP contribution in [0.4, 0.5) is 4.39 Å². The van der Waals surface area contributed by atoms with Gasteiger partial charge in [-0.15, -0.1) is 11.8 Å². The molecule has 2 aromatic rings. The summed E-state index contributed by atoms with van der Waals surface area (Å²) >= 11 is 7.51. The predicted molar refractivity (Wildman–Crippen MR) is 96.6 cm³/mol. The molecular formula is C19H16ClFO2S. The highest BCUT2D eigenvalue weighted by Crippen LogP contribution is 2.42. The molecule has 2 nitrogen and oxygen atoms in total. The lowest BCUT2D eigenvalue weighted by Gasteiger charge is -2.18. The number of ketones is 1. The summed E-state index contributed by atoms with van der Waals surface area (Å²) in [5.74, 6) is -0.340. The van der Waals surface area contributed by atoms with Crippen molar-refractivity contribution in [2.45, 2.75) is 24.3 Å². The van der Waals surface area contributed by atoms with Crippen molar-refractivity contribution in [2.75, 3.05) is 6.26 Å². The Morgan fingerprint density at radius 3 is 2.54 bits per heavy atom. The van der Waals surface area contributed by atoms with Gasteiger partial charge in [0.25, 0.3) is 0 Å². The molecule has 0 aliphatic carbocycles. The molecule has 0 N–H and O–H groups in total. The van der Waals surface area contributed by atoms with Crippen LogP contribution in [0.1, 0.15) is 25.0 Å². The summed E-state index contributed by atoms with van der Waals surface area (Å²) in [5, 5.41) is 0.509. The number of hydrogen-bond acceptors (Lipinski definition) is 3. The Hall–Kier alpha value is -1.78. The Labute approximate surface area is 149 Å². The molecule has 0 aromatic heterocycles. The third-order valence-corrected chi connectivity index (χ3v) is 4.85. The van der Waals surface area contributed by atoms with Crippen molar-refractivity contribution in [1.29, 1.82) is 0 Å². The van der Waals surface area contributed by atoms with E-state index in [-0.39, 0.29) is 17.1 Å². The average molecular weight is 363 g/mol. The van der Waals surface area contributed by atoms with Crippen molar-refractivity contribution in [3.63, 3.8) is 0 Å². The minimum absolute atomic E-state index is 0.187. The van der Waals surface area contributed by atoms with Crippen LogP contribution in [-0.4, -0.2) is 17.6 Å². The first kappa shape index (κ1) is 17.1. The van der Waals surface area contributed by atoms with Crippen LogP contribution >= 0.6 is 23.4 Å². The van der Waals surface area contributed by atoms with E-state index in [1.165, 1.54) is 17.8 Å². The van der Waals surface area contributed by atoms with E-state index in [1.54, 1.807) is 44.2 Å². The fourth-order valence-electron chi connectivity index (χ4n) is 2.66. The molecule has 0 fully saturated rings. The molecule has 1 aliphatic rings. The van der Waals surface area contributed by atoms with Gasteiger partial charge in [0, 0.05) is 9.92 Å². The Kier molecular flexibility index (Phi) is 4.45. The fraction of sp³-hybridized carbons (Fsp3) is 0.211. The minimum atomic E-state index is -1.04. The molecule has 1 aliphatic heterocycles. The van der Waals surface area contributed by atoms with Gasteiger partial charge in [-0.1, -0.05) is 23.7 Å². The van der Waals surface area contributed by atoms with E-state index in [2.05, 4.69) is 0 Å². The maximum atomic E-state index is 14.6. The lowest BCUT2D eigenvalue weighted by molar-refractivity contribution is -0.125. The van der Waals surface area contributed by atoms with Gasteiger partial charge in [0.1, 0.15) is 11.6 Å². The lowest BCUT2D eigenvalue weighted by atomic mass is 9.92. The highest BCUT2D eigenvalue weighted by molar-refractivity contribution is 7.98. The number of hydrogen-bond donors (Lipinski definition) is 0. The van der Waals surface area contributed by atoms with Gasteiger partial charge in [-0.3, -0.25) is 4.79 Å². The van der Waals surface area contributed by atoms with Crippen molar-refractivity contribution < 1.29 is 13.9 Å². The SMILES string of the molecule is CSc1ccc(C2=C(c3cccc(Cl)c3)C(=O)C(C)(C)O2)c(F)c1. The van der Waals surface area contributed by atoms with Crippen molar-refractivity contribution in [1.82, 2.24) is 0 Å². The molecule has 0 saturated heterocycles. The molecule has 3 rings (SSSR count). The second-order valence-corrected chi connectivity index (χ2v) is 7.32. The van der Waals surface area contributed by atoms with Gasteiger partial charge < -0.3 is 4.74 Å². The summed E-state index contributed by atoms with van der Waals surface area (Å²) in [5.41, 5.74) is 0.221. The third kappa shape index (κ3) is 2.96. The van der Waals surface area contributed by atoms with Crippen LogP contribution < -0.4 is 0 Å². The summed E-state index contributed by atoms with van der Waals surface area (Å²) in [7, 11) is 0. The molecule has 0 atom stereocenters. The first-order valence-electron chi connectivity index (χ1n) is 7.41. The smallest absolute Gasteiger partial charge is 0.210 e. The summed E-state index contributed by atoms with van der Waals surface area (Å²) in [6.07, 6.45) is 1.88. The van der Waals surface area contributed by atoms with Gasteiger partial charge in [0.2, 0.25) is 5.78 Å². The van der Waals surface area contributed by atoms with Gasteiger partial charge in [-0.05, 0) is 56.0 Å². The van der Waals surface area contributed by atoms with Gasteiger partial charge in [0.05, 0.1) is 11.1 Å². The van der Waals surface area contributed by atoms with Crippen molar-refractivity contribution in [3.05, 3.63) is 64.4 Å². The van der Waals surface area contributed by atoms with Crippen LogP contribution in [0.25, 0.3) is 11.3 Å². The summed E-state index contributed by atoms with van der Waals surface area (Å²) in [6.45, 7) is 3.36. The van der Waals surface area contributed by atoms with E-state index >= 15 is 0 Å². The second-order valence-electron chi connectivity index (χ2n) is 6.00. The van der Waals surface area contributed by atoms with Crippen LogP contribution in [0.2, 0.25) is 5.02 Å². The zero-order chi connectivity index (χ0) is 17.5. The predicted octanol–water partition coefficient (Wildman–Crippen LogP) is 5.45. The first-order valence-corrected chi connectivity index (χ1v) is 9.01. The van der Waals surface area contributed by atoms with Crippen molar-refractivity contribution >= 4 is 40.5 Å². The lowest BCUT2D eigenvalue weighted by Crippen LogP contribution is -2.29. The molecule has 2 aromatic carbocycles. The molecule has 0 spiro atoms. The minimum Gasteiger partial charge on any atom is -0.478 e. The number of ether oxygens (including phenoxy) is 1. The molecule has 1 heterocycles. The molecular weight excluding hydrogens is 347 g/mol. The van der Waals surface area contributed by atoms with E-state index in [0.29, 0.717) is 16.2 Å². The van der Waals surface area contributed by atoms with Gasteiger partial charge in [-0.25, -0.2) is 4.39 Å². The molecule has 0 bridgehead atoms. The molecule has 5 heteroatoms. The Morgan fingerprint density at radius 1 is 1.17 bits per heavy atom. The molecule has 0 amide bonds. The number of carbonyl (C=O) groups excluding carboxylic acids is 1. The van der Waals surface area contributed by atoms with Crippen LogP contribution in [-0.2, 0) is 9.53 Å². The highest BCUT2D eigenvalue weighted by atomic mass is 35.5. The van der Waals surface area contributed by atoms with Gasteiger partial charge in [-0.2, -0.15) is 0 Å². The van der Waals surface area contributed by atoms with E-state index in [0.717, 1.165) is 4.90 Å². The fourth-order valence-corrected chi connectivity index (χ4v) is 3.28. The quantitative estimate of drug-likeness (QED) is 0.679. The average Bonchev–Trinajstić information content (AvgIpc) is 2.77. The number of thioether (sulfide) groups is 1. The van der Waals surface area contributed by atoms with Crippen LogP contribution in [0.5, 0.6) is 0 Å². The molecule has 0 radical (unpaired) electrons. The largest absolute Gasteiger partial charge is 0.478 e. The van der Waals surface area contributed by atoms with E-state index in [1.807, 2.05) is 12.3 Å². The van der Waals surface area contributed by atoms with Crippen LogP contribution in [0.15, 0.2) is 47.4 Å². The van der Waals surface area contributed by atoms with Crippen LogP contribution in [0, 0.1) is 5.82 Å². The summed E-state index contributed by atoms with van der Waals surface area (Å²) < 4.78 is 20.4. The van der Waals surface area contributed by atoms with Crippen molar-refractivity contribution in [2.24, 2.45) is 0 Å². The Balaban J connectivity index is 2.22. The normalized spacial score (nSPS) is 16.5. The standard InChI is InChI=1S/C19H16ClFO2S/c1-19(2)18(22)16(11-5-4-6-12(20)9-11)17(23-19)14-8-7-13(24-3)10-15(14)21/h4-10H,1-3H3. The number of Topliss-reactive ketones (excluding diaryl/α,β-unsaturated/α-hetero) is 1. The number of halogens is 2. The van der Waals surface area contributed by atoms with Gasteiger partial charge in [0.15, 0.2) is 5.60 Å². The summed E-state index contributed by atoms with van der Waals surface area (Å²) in [4.78, 5) is 13.6. The van der Waals surface area contributed by atoms with E-state index < -0.39 is 11.4 Å². The maximum absolute atomic E-state index is 14.6.